The number of carbonyl (C=O) groups is 1. The van der Waals surface area contributed by atoms with Gasteiger partial charge in [0.15, 0.2) is 26.0 Å². The molecule has 0 aromatic carbocycles. The van der Waals surface area contributed by atoms with Gasteiger partial charge in [-0.15, -0.1) is 0 Å². The summed E-state index contributed by atoms with van der Waals surface area (Å²) in [6.07, 6.45) is 3.44. The minimum Gasteiger partial charge on any atom is -0.443 e. The molecule has 10 nitrogen and oxygen atoms in total. The molecule has 5 rings (SSSR count). The Morgan fingerprint density at radius 1 is 1.14 bits per heavy atom. The van der Waals surface area contributed by atoms with Crippen molar-refractivity contribution in [3.05, 3.63) is 17.4 Å². The predicted octanol–water partition coefficient (Wildman–Crippen LogP) is 7.21. The van der Waals surface area contributed by atoms with Gasteiger partial charge in [-0.1, -0.05) is 45.2 Å². The van der Waals surface area contributed by atoms with Crippen molar-refractivity contribution in [3.8, 4) is 0 Å². The van der Waals surface area contributed by atoms with E-state index in [0.29, 0.717) is 23.3 Å². The van der Waals surface area contributed by atoms with Crippen molar-refractivity contribution in [1.82, 2.24) is 14.8 Å². The molecule has 3 fully saturated rings. The van der Waals surface area contributed by atoms with Crippen molar-refractivity contribution < 1.29 is 28.2 Å². The zero-order chi connectivity index (χ0) is 30.8. The number of fused-ring (bicyclic) bond motifs is 2. The van der Waals surface area contributed by atoms with Gasteiger partial charge in [0, 0.05) is 12.1 Å². The van der Waals surface area contributed by atoms with E-state index in [-0.39, 0.29) is 28.4 Å². The van der Waals surface area contributed by atoms with Crippen LogP contribution in [-0.2, 0) is 23.4 Å². The van der Waals surface area contributed by atoms with Gasteiger partial charge in [-0.25, -0.2) is 14.5 Å². The summed E-state index contributed by atoms with van der Waals surface area (Å²) < 4.78 is 33.4. The molecule has 0 N–H and O–H groups in total. The van der Waals surface area contributed by atoms with E-state index < -0.39 is 38.1 Å². The Balaban J connectivity index is 1.51. The molecule has 12 heteroatoms. The molecule has 0 bridgehead atoms. The molecule has 4 atom stereocenters. The van der Waals surface area contributed by atoms with E-state index in [9.17, 15) is 4.79 Å². The van der Waals surface area contributed by atoms with Crippen LogP contribution in [0.15, 0.2) is 12.3 Å². The van der Waals surface area contributed by atoms with Crippen LogP contribution in [0.25, 0.3) is 11.0 Å². The molecule has 2 aromatic rings. The van der Waals surface area contributed by atoms with Crippen LogP contribution in [0.5, 0.6) is 0 Å². The van der Waals surface area contributed by atoms with Crippen LogP contribution in [0.1, 0.15) is 87.3 Å². The maximum absolute atomic E-state index is 13.6. The average molecular weight is 623 g/mol. The normalized spacial score (nSPS) is 26.6. The molecule has 2 aromatic heterocycles. The molecule has 3 aliphatic rings. The predicted molar refractivity (Wildman–Crippen MR) is 164 cm³/mol. The highest BCUT2D eigenvalue weighted by Crippen LogP contribution is 2.46. The molecule has 0 spiro atoms. The van der Waals surface area contributed by atoms with Gasteiger partial charge in [-0.2, -0.15) is 5.10 Å². The number of pyridine rings is 1. The van der Waals surface area contributed by atoms with Gasteiger partial charge in [0.25, 0.3) is 0 Å². The first-order chi connectivity index (χ1) is 19.4. The van der Waals surface area contributed by atoms with E-state index in [1.807, 2.05) is 34.6 Å². The monoisotopic (exact) mass is 622 g/mol. The lowest BCUT2D eigenvalue weighted by atomic mass is 10.1. The quantitative estimate of drug-likeness (QED) is 0.246. The second kappa shape index (κ2) is 11.0. The molecule has 2 saturated heterocycles. The van der Waals surface area contributed by atoms with Gasteiger partial charge >= 0.3 is 6.09 Å². The second-order valence-electron chi connectivity index (χ2n) is 14.8. The maximum Gasteiger partial charge on any atom is 0.415 e. The van der Waals surface area contributed by atoms with Crippen LogP contribution in [-0.4, -0.2) is 71.5 Å². The lowest BCUT2D eigenvalue weighted by Gasteiger charge is -2.37. The van der Waals surface area contributed by atoms with Crippen molar-refractivity contribution in [1.29, 1.82) is 0 Å². The Hall–Kier alpha value is -1.76. The number of ether oxygens (including phenoxy) is 4. The summed E-state index contributed by atoms with van der Waals surface area (Å²) in [5, 5.41) is 5.74. The van der Waals surface area contributed by atoms with Crippen LogP contribution < -0.4 is 4.90 Å². The number of anilines is 1. The first-order valence-electron chi connectivity index (χ1n) is 15.1. The highest BCUT2D eigenvalue weighted by molar-refractivity contribution is 6.74. The maximum atomic E-state index is 13.6. The van der Waals surface area contributed by atoms with Gasteiger partial charge in [-0.3, -0.25) is 4.90 Å². The number of aromatic nitrogens is 3. The van der Waals surface area contributed by atoms with Gasteiger partial charge in [0.2, 0.25) is 0 Å². The SMILES string of the molecule is CC(C)(C)OC(=O)N(c1cc(Cl)nc2c1cnn2[C@@H]1O[C@H](CO[Si](C)(C)C(C)(C)C)[C@H]2OC(C)(C)O[C@H]21)C1CCCC1. The standard InChI is InChI=1S/C30H47ClN4O6Si/c1-28(2,3)41-27(36)34(18-13-11-12-14-18)20-15-22(31)33-25-19(20)16-32-35(25)26-24-23(39-30(7,8)40-24)21(38-26)17-37-42(9,10)29(4,5)6/h15-16,18,21,23-24,26H,11-14,17H2,1-10H3/t21-,23-,24-,26-/m1/s1. The van der Waals surface area contributed by atoms with Gasteiger partial charge in [0.05, 0.1) is 23.9 Å². The van der Waals surface area contributed by atoms with Crippen LogP contribution in [0.4, 0.5) is 10.5 Å². The Kier molecular flexibility index (Phi) is 8.29. The zero-order valence-electron chi connectivity index (χ0n) is 26.7. The van der Waals surface area contributed by atoms with Crippen LogP contribution in [0.3, 0.4) is 0 Å². The molecule has 1 saturated carbocycles. The third kappa shape index (κ3) is 6.23. The summed E-state index contributed by atoms with van der Waals surface area (Å²) >= 11 is 6.63. The molecule has 1 amide bonds. The smallest absolute Gasteiger partial charge is 0.415 e. The third-order valence-corrected chi connectivity index (χ3v) is 13.5. The molecule has 1 aliphatic carbocycles. The number of carbonyl (C=O) groups excluding carboxylic acids is 1. The molecule has 234 valence electrons. The highest BCUT2D eigenvalue weighted by Gasteiger charge is 2.57. The van der Waals surface area contributed by atoms with E-state index in [2.05, 4.69) is 38.8 Å². The fraction of sp³-hybridized carbons (Fsp3) is 0.767. The molecule has 0 radical (unpaired) electrons. The second-order valence-corrected chi connectivity index (χ2v) is 20.0. The van der Waals surface area contributed by atoms with Crippen molar-refractivity contribution in [3.63, 3.8) is 0 Å². The van der Waals surface area contributed by atoms with Gasteiger partial charge in [0.1, 0.15) is 29.1 Å². The van der Waals surface area contributed by atoms with E-state index in [0.717, 1.165) is 25.7 Å². The van der Waals surface area contributed by atoms with E-state index in [4.69, 9.17) is 40.1 Å². The highest BCUT2D eigenvalue weighted by atomic mass is 35.5. The molecule has 4 heterocycles. The summed E-state index contributed by atoms with van der Waals surface area (Å²) in [4.78, 5) is 20.0. The van der Waals surface area contributed by atoms with E-state index in [1.165, 1.54) is 0 Å². The number of rotatable bonds is 6. The minimum absolute atomic E-state index is 0.00112. The largest absolute Gasteiger partial charge is 0.443 e. The average Bonchev–Trinajstić information content (AvgIpc) is 3.60. The molecular weight excluding hydrogens is 576 g/mol. The Morgan fingerprint density at radius 2 is 1.79 bits per heavy atom. The van der Waals surface area contributed by atoms with Gasteiger partial charge in [-0.05, 0) is 65.6 Å². The van der Waals surface area contributed by atoms with Gasteiger partial charge < -0.3 is 23.4 Å². The fourth-order valence-electron chi connectivity index (χ4n) is 5.77. The first kappa shape index (κ1) is 31.7. The van der Waals surface area contributed by atoms with Crippen LogP contribution >= 0.6 is 11.6 Å². The zero-order valence-corrected chi connectivity index (χ0v) is 28.4. The number of hydrogen-bond donors (Lipinski definition) is 0. The number of halogens is 1. The Bertz CT molecular complexity index is 1310. The topological polar surface area (TPSA) is 97.2 Å². The Morgan fingerprint density at radius 3 is 2.40 bits per heavy atom. The first-order valence-corrected chi connectivity index (χ1v) is 18.4. The van der Waals surface area contributed by atoms with Crippen molar-refractivity contribution in [2.24, 2.45) is 0 Å². The van der Waals surface area contributed by atoms with Crippen LogP contribution in [0.2, 0.25) is 23.3 Å². The summed E-state index contributed by atoms with van der Waals surface area (Å²) in [7, 11) is -2.03. The van der Waals surface area contributed by atoms with Crippen molar-refractivity contribution in [2.45, 2.75) is 141 Å². The van der Waals surface area contributed by atoms with Crippen molar-refractivity contribution in [2.75, 3.05) is 11.5 Å². The summed E-state index contributed by atoms with van der Waals surface area (Å²) in [6.45, 7) is 20.9. The Labute approximate surface area is 255 Å². The van der Waals surface area contributed by atoms with E-state index in [1.54, 1.807) is 21.8 Å². The molecule has 0 unspecified atom stereocenters. The summed E-state index contributed by atoms with van der Waals surface area (Å²) in [5.74, 6) is -0.790. The summed E-state index contributed by atoms with van der Waals surface area (Å²) in [6, 6.07) is 1.73. The fourth-order valence-corrected chi connectivity index (χ4v) is 6.97. The van der Waals surface area contributed by atoms with Crippen LogP contribution in [0, 0.1) is 0 Å². The minimum atomic E-state index is -2.03. The van der Waals surface area contributed by atoms with E-state index >= 15 is 0 Å². The molecule has 2 aliphatic heterocycles. The molecular formula is C30H47ClN4O6Si. The lowest BCUT2D eigenvalue weighted by Crippen LogP contribution is -2.44. The lowest BCUT2D eigenvalue weighted by molar-refractivity contribution is -0.200. The number of amides is 1. The number of hydrogen-bond acceptors (Lipinski definition) is 8. The molecule has 42 heavy (non-hydrogen) atoms. The number of nitrogens with zero attached hydrogens (tertiary/aromatic N) is 4. The van der Waals surface area contributed by atoms with Crippen molar-refractivity contribution >= 4 is 42.7 Å². The third-order valence-electron chi connectivity index (χ3n) is 8.83. The summed E-state index contributed by atoms with van der Waals surface area (Å²) in [5.41, 5.74) is 0.496.